The predicted molar refractivity (Wildman–Crippen MR) is 112 cm³/mol. The van der Waals surface area contributed by atoms with Gasteiger partial charge in [0.1, 0.15) is 34.5 Å². The van der Waals surface area contributed by atoms with Crippen molar-refractivity contribution in [2.45, 2.75) is 17.9 Å². The van der Waals surface area contributed by atoms with Gasteiger partial charge in [0.15, 0.2) is 9.84 Å². The number of pyridine rings is 2. The van der Waals surface area contributed by atoms with Crippen LogP contribution in [0.15, 0.2) is 53.9 Å². The van der Waals surface area contributed by atoms with Crippen LogP contribution in [0.3, 0.4) is 0 Å². The highest BCUT2D eigenvalue weighted by atomic mass is 32.2. The Bertz CT molecular complexity index is 1090. The maximum absolute atomic E-state index is 11.9. The van der Waals surface area contributed by atoms with Gasteiger partial charge in [-0.25, -0.2) is 28.4 Å². The molecule has 1 atom stereocenters. The summed E-state index contributed by atoms with van der Waals surface area (Å²) in [4.78, 5) is 19.1. The lowest BCUT2D eigenvalue weighted by Gasteiger charge is -2.19. The lowest BCUT2D eigenvalue weighted by molar-refractivity contribution is 0.320. The molecule has 0 fully saturated rings. The number of nitrogens with zero attached hydrogens (tertiary/aromatic N) is 5. The van der Waals surface area contributed by atoms with Crippen molar-refractivity contribution in [2.75, 3.05) is 31.0 Å². The molecule has 0 radical (unpaired) electrons. The molecule has 3 rings (SSSR count). The van der Waals surface area contributed by atoms with Crippen LogP contribution in [0, 0.1) is 0 Å². The van der Waals surface area contributed by atoms with E-state index in [4.69, 9.17) is 0 Å². The molecule has 3 aromatic heterocycles. The second kappa shape index (κ2) is 8.50. The van der Waals surface area contributed by atoms with E-state index >= 15 is 0 Å². The average molecular weight is 414 g/mol. The highest BCUT2D eigenvalue weighted by Crippen LogP contribution is 2.23. The van der Waals surface area contributed by atoms with E-state index in [9.17, 15) is 8.42 Å². The highest BCUT2D eigenvalue weighted by Gasteiger charge is 2.15. The zero-order chi connectivity index (χ0) is 21.0. The molecule has 9 nitrogen and oxygen atoms in total. The fourth-order valence-electron chi connectivity index (χ4n) is 2.55. The zero-order valence-electron chi connectivity index (χ0n) is 16.7. The minimum Gasteiger partial charge on any atom is -0.325 e. The monoisotopic (exact) mass is 413 g/mol. The van der Waals surface area contributed by atoms with Crippen LogP contribution in [0.4, 0.5) is 23.3 Å². The van der Waals surface area contributed by atoms with Gasteiger partial charge in [-0.05, 0) is 44.8 Å². The smallest absolute Gasteiger partial charge is 0.179 e. The van der Waals surface area contributed by atoms with Crippen LogP contribution in [-0.4, -0.2) is 53.6 Å². The summed E-state index contributed by atoms with van der Waals surface area (Å²) < 4.78 is 23.9. The van der Waals surface area contributed by atoms with Gasteiger partial charge in [-0.15, -0.1) is 0 Å². The van der Waals surface area contributed by atoms with Crippen LogP contribution >= 0.6 is 0 Å². The summed E-state index contributed by atoms with van der Waals surface area (Å²) in [5.74, 6) is 1.77. The number of rotatable bonds is 7. The Morgan fingerprint density at radius 2 is 1.69 bits per heavy atom. The Labute approximate surface area is 170 Å². The lowest BCUT2D eigenvalue weighted by atomic mass is 10.1. The molecule has 0 saturated carbocycles. The normalized spacial score (nSPS) is 12.6. The molecule has 3 aromatic rings. The molecule has 2 N–H and O–H groups in total. The SMILES string of the molecule is CC(c1ccc(Nc2cc(Nc3ncccc3S(C)(=O)=O)ncn2)nc1)N(C)C. The van der Waals surface area contributed by atoms with Gasteiger partial charge in [0.2, 0.25) is 0 Å². The topological polar surface area (TPSA) is 113 Å². The van der Waals surface area contributed by atoms with Gasteiger partial charge < -0.3 is 15.5 Å². The van der Waals surface area contributed by atoms with Gasteiger partial charge >= 0.3 is 0 Å². The number of aromatic nitrogens is 4. The highest BCUT2D eigenvalue weighted by molar-refractivity contribution is 7.90. The Morgan fingerprint density at radius 3 is 2.31 bits per heavy atom. The van der Waals surface area contributed by atoms with E-state index in [1.165, 1.54) is 18.6 Å². The number of sulfone groups is 1. The molecule has 0 spiro atoms. The van der Waals surface area contributed by atoms with E-state index in [0.717, 1.165) is 11.8 Å². The molecule has 0 aromatic carbocycles. The Kier molecular flexibility index (Phi) is 6.04. The molecule has 29 heavy (non-hydrogen) atoms. The minimum atomic E-state index is -3.43. The van der Waals surface area contributed by atoms with Crippen molar-refractivity contribution in [3.63, 3.8) is 0 Å². The van der Waals surface area contributed by atoms with Crippen molar-refractivity contribution >= 4 is 33.1 Å². The van der Waals surface area contributed by atoms with E-state index in [1.54, 1.807) is 12.1 Å². The summed E-state index contributed by atoms with van der Waals surface area (Å²) >= 11 is 0. The molecule has 0 amide bonds. The van der Waals surface area contributed by atoms with Gasteiger partial charge in [-0.2, -0.15) is 0 Å². The second-order valence-electron chi connectivity index (χ2n) is 6.78. The van der Waals surface area contributed by atoms with E-state index < -0.39 is 9.84 Å². The van der Waals surface area contributed by atoms with Crippen LogP contribution < -0.4 is 10.6 Å². The first-order valence-electron chi connectivity index (χ1n) is 8.87. The van der Waals surface area contributed by atoms with Crippen LogP contribution in [0.1, 0.15) is 18.5 Å². The fourth-order valence-corrected chi connectivity index (χ4v) is 3.34. The van der Waals surface area contributed by atoms with Crippen molar-refractivity contribution in [3.05, 3.63) is 54.6 Å². The van der Waals surface area contributed by atoms with Crippen LogP contribution in [0.2, 0.25) is 0 Å². The molecule has 0 saturated heterocycles. The summed E-state index contributed by atoms with van der Waals surface area (Å²) in [6, 6.07) is 8.86. The molecule has 3 heterocycles. The van der Waals surface area contributed by atoms with Gasteiger partial charge in [-0.3, -0.25) is 0 Å². The summed E-state index contributed by atoms with van der Waals surface area (Å²) in [5, 5.41) is 6.05. The van der Waals surface area contributed by atoms with Gasteiger partial charge in [0, 0.05) is 30.8 Å². The van der Waals surface area contributed by atoms with Gasteiger partial charge in [0.05, 0.1) is 0 Å². The fraction of sp³-hybridized carbons (Fsp3) is 0.263. The van der Waals surface area contributed by atoms with Crippen molar-refractivity contribution in [1.29, 1.82) is 0 Å². The van der Waals surface area contributed by atoms with E-state index in [1.807, 2.05) is 32.4 Å². The summed E-state index contributed by atoms with van der Waals surface area (Å²) in [5.41, 5.74) is 1.11. The third-order valence-electron chi connectivity index (χ3n) is 4.38. The summed E-state index contributed by atoms with van der Waals surface area (Å²) in [6.07, 6.45) is 5.84. The predicted octanol–water partition coefficient (Wildman–Crippen LogP) is 2.78. The lowest BCUT2D eigenvalue weighted by Crippen LogP contribution is -2.16. The Balaban J connectivity index is 1.77. The van der Waals surface area contributed by atoms with E-state index in [0.29, 0.717) is 17.5 Å². The third-order valence-corrected chi connectivity index (χ3v) is 5.51. The van der Waals surface area contributed by atoms with Crippen molar-refractivity contribution < 1.29 is 8.42 Å². The number of hydrogen-bond acceptors (Lipinski definition) is 9. The molecular weight excluding hydrogens is 390 g/mol. The first kappa shape index (κ1) is 20.6. The Morgan fingerprint density at radius 1 is 0.966 bits per heavy atom. The van der Waals surface area contributed by atoms with Gasteiger partial charge in [0.25, 0.3) is 0 Å². The maximum atomic E-state index is 11.9. The molecule has 0 bridgehead atoms. The number of nitrogens with one attached hydrogen (secondary N) is 2. The second-order valence-corrected chi connectivity index (χ2v) is 8.76. The molecule has 0 aliphatic rings. The number of anilines is 4. The van der Waals surface area contributed by atoms with Crippen LogP contribution in [-0.2, 0) is 9.84 Å². The van der Waals surface area contributed by atoms with Crippen molar-refractivity contribution in [2.24, 2.45) is 0 Å². The first-order valence-corrected chi connectivity index (χ1v) is 10.8. The van der Waals surface area contributed by atoms with Crippen molar-refractivity contribution in [3.8, 4) is 0 Å². The molecule has 1 unspecified atom stereocenters. The number of hydrogen-bond donors (Lipinski definition) is 2. The Hall–Kier alpha value is -3.11. The largest absolute Gasteiger partial charge is 0.325 e. The standard InChI is InChI=1S/C19H23N7O2S/c1-13(26(2)3)14-7-8-16(21-11-14)24-17-10-18(23-12-22-17)25-19-15(29(4,27)28)6-5-9-20-19/h5-13H,1-4H3,(H2,20,21,22,23,24,25). The van der Waals surface area contributed by atoms with Crippen LogP contribution in [0.5, 0.6) is 0 Å². The summed E-state index contributed by atoms with van der Waals surface area (Å²) in [6.45, 7) is 2.11. The molecule has 10 heteroatoms. The van der Waals surface area contributed by atoms with E-state index in [-0.39, 0.29) is 16.8 Å². The first-order chi connectivity index (χ1) is 13.7. The molecule has 0 aliphatic heterocycles. The quantitative estimate of drug-likeness (QED) is 0.603. The minimum absolute atomic E-state index is 0.0976. The third kappa shape index (κ3) is 5.24. The maximum Gasteiger partial charge on any atom is 0.179 e. The van der Waals surface area contributed by atoms with Crippen molar-refractivity contribution in [1.82, 2.24) is 24.8 Å². The van der Waals surface area contributed by atoms with Crippen LogP contribution in [0.25, 0.3) is 0 Å². The molecule has 152 valence electrons. The molecular formula is C19H23N7O2S. The van der Waals surface area contributed by atoms with E-state index in [2.05, 4.69) is 42.4 Å². The zero-order valence-corrected chi connectivity index (χ0v) is 17.5. The molecule has 0 aliphatic carbocycles. The van der Waals surface area contributed by atoms with Gasteiger partial charge in [-0.1, -0.05) is 6.07 Å². The summed E-state index contributed by atoms with van der Waals surface area (Å²) in [7, 11) is 0.607. The average Bonchev–Trinajstić information content (AvgIpc) is 2.68.